The van der Waals surface area contributed by atoms with Gasteiger partial charge in [-0.2, -0.15) is 0 Å². The highest BCUT2D eigenvalue weighted by atomic mass is 16.3. The SMILES string of the molecule is CC1CCCC(CO)(NC(=O)c2cc(O)cc(O)c2)C1. The summed E-state index contributed by atoms with van der Waals surface area (Å²) in [5, 5.41) is 31.4. The highest BCUT2D eigenvalue weighted by Crippen LogP contribution is 2.32. The van der Waals surface area contributed by atoms with Gasteiger partial charge in [-0.3, -0.25) is 4.79 Å². The number of aromatic hydroxyl groups is 2. The lowest BCUT2D eigenvalue weighted by Gasteiger charge is -2.39. The largest absolute Gasteiger partial charge is 0.508 e. The zero-order valence-electron chi connectivity index (χ0n) is 11.6. The number of phenolic OH excluding ortho intramolecular Hbond substituents is 2. The second-order valence-electron chi connectivity index (χ2n) is 5.83. The van der Waals surface area contributed by atoms with Gasteiger partial charge in [0.2, 0.25) is 0 Å². The molecule has 1 aromatic rings. The second kappa shape index (κ2) is 5.71. The Morgan fingerprint density at radius 3 is 2.55 bits per heavy atom. The molecule has 0 radical (unpaired) electrons. The maximum atomic E-state index is 12.2. The summed E-state index contributed by atoms with van der Waals surface area (Å²) in [4.78, 5) is 12.2. The fourth-order valence-corrected chi connectivity index (χ4v) is 3.00. The minimum atomic E-state index is -0.601. The second-order valence-corrected chi connectivity index (χ2v) is 5.83. The van der Waals surface area contributed by atoms with E-state index >= 15 is 0 Å². The number of rotatable bonds is 3. The van der Waals surface area contributed by atoms with Crippen LogP contribution in [0.15, 0.2) is 18.2 Å². The van der Waals surface area contributed by atoms with E-state index in [1.807, 2.05) is 0 Å². The van der Waals surface area contributed by atoms with Crippen LogP contribution in [0.3, 0.4) is 0 Å². The third-order valence-electron chi connectivity index (χ3n) is 3.94. The number of amides is 1. The van der Waals surface area contributed by atoms with Gasteiger partial charge in [-0.15, -0.1) is 0 Å². The molecule has 2 atom stereocenters. The molecule has 2 rings (SSSR count). The predicted molar refractivity (Wildman–Crippen MR) is 74.7 cm³/mol. The standard InChI is InChI=1S/C15H21NO4/c1-10-3-2-4-15(8-10,9-17)16-14(20)11-5-12(18)7-13(19)6-11/h5-7,10,17-19H,2-4,8-9H2,1H3,(H,16,20). The summed E-state index contributed by atoms with van der Waals surface area (Å²) in [6.45, 7) is 2.00. The third kappa shape index (κ3) is 3.22. The van der Waals surface area contributed by atoms with Crippen LogP contribution in [0, 0.1) is 5.92 Å². The number of aliphatic hydroxyl groups is 1. The number of carbonyl (C=O) groups excluding carboxylic acids is 1. The summed E-state index contributed by atoms with van der Waals surface area (Å²) in [6.07, 6.45) is 3.54. The average molecular weight is 279 g/mol. The molecular weight excluding hydrogens is 258 g/mol. The molecule has 0 heterocycles. The van der Waals surface area contributed by atoms with E-state index in [9.17, 15) is 20.1 Å². The van der Waals surface area contributed by atoms with E-state index in [-0.39, 0.29) is 29.6 Å². The minimum Gasteiger partial charge on any atom is -0.508 e. The van der Waals surface area contributed by atoms with Crippen molar-refractivity contribution in [3.05, 3.63) is 23.8 Å². The van der Waals surface area contributed by atoms with Crippen molar-refractivity contribution in [3.63, 3.8) is 0 Å². The Labute approximate surface area is 118 Å². The number of benzene rings is 1. The minimum absolute atomic E-state index is 0.103. The molecule has 110 valence electrons. The topological polar surface area (TPSA) is 89.8 Å². The molecule has 0 aromatic heterocycles. The molecule has 0 bridgehead atoms. The van der Waals surface area contributed by atoms with E-state index in [0.29, 0.717) is 5.92 Å². The van der Waals surface area contributed by atoms with Gasteiger partial charge in [-0.25, -0.2) is 0 Å². The van der Waals surface area contributed by atoms with Gasteiger partial charge in [0.15, 0.2) is 0 Å². The van der Waals surface area contributed by atoms with Crippen molar-refractivity contribution in [2.75, 3.05) is 6.61 Å². The van der Waals surface area contributed by atoms with Crippen molar-refractivity contribution >= 4 is 5.91 Å². The van der Waals surface area contributed by atoms with Crippen molar-refractivity contribution in [2.45, 2.75) is 38.1 Å². The predicted octanol–water partition coefficient (Wildman–Crippen LogP) is 1.77. The molecule has 1 amide bonds. The zero-order chi connectivity index (χ0) is 14.8. The molecule has 0 spiro atoms. The Morgan fingerprint density at radius 1 is 1.35 bits per heavy atom. The van der Waals surface area contributed by atoms with Crippen LogP contribution in [0.5, 0.6) is 11.5 Å². The monoisotopic (exact) mass is 279 g/mol. The normalized spacial score (nSPS) is 26.2. The molecule has 1 fully saturated rings. The molecule has 4 N–H and O–H groups in total. The molecule has 20 heavy (non-hydrogen) atoms. The van der Waals surface area contributed by atoms with Gasteiger partial charge < -0.3 is 20.6 Å². The first-order valence-corrected chi connectivity index (χ1v) is 6.90. The van der Waals surface area contributed by atoms with Gasteiger partial charge in [0.05, 0.1) is 12.1 Å². The van der Waals surface area contributed by atoms with Crippen LogP contribution in [0.4, 0.5) is 0 Å². The van der Waals surface area contributed by atoms with Crippen LogP contribution >= 0.6 is 0 Å². The maximum Gasteiger partial charge on any atom is 0.252 e. The molecule has 5 nitrogen and oxygen atoms in total. The smallest absolute Gasteiger partial charge is 0.252 e. The van der Waals surface area contributed by atoms with Gasteiger partial charge in [-0.1, -0.05) is 19.8 Å². The molecule has 1 aliphatic rings. The summed E-state index contributed by atoms with van der Waals surface area (Å²) in [5.41, 5.74) is -0.413. The summed E-state index contributed by atoms with van der Waals surface area (Å²) >= 11 is 0. The van der Waals surface area contributed by atoms with Gasteiger partial charge >= 0.3 is 0 Å². The Bertz CT molecular complexity index is 482. The number of phenols is 2. The van der Waals surface area contributed by atoms with Crippen molar-refractivity contribution in [1.82, 2.24) is 5.32 Å². The van der Waals surface area contributed by atoms with Crippen molar-refractivity contribution in [2.24, 2.45) is 5.92 Å². The molecule has 5 heteroatoms. The number of nitrogens with one attached hydrogen (secondary N) is 1. The van der Waals surface area contributed by atoms with Gasteiger partial charge in [0, 0.05) is 11.6 Å². The maximum absolute atomic E-state index is 12.2. The number of hydrogen-bond acceptors (Lipinski definition) is 4. The van der Waals surface area contributed by atoms with Crippen LogP contribution in [-0.2, 0) is 0 Å². The number of hydrogen-bond donors (Lipinski definition) is 4. The summed E-state index contributed by atoms with van der Waals surface area (Å²) < 4.78 is 0. The van der Waals surface area contributed by atoms with Crippen molar-refractivity contribution in [1.29, 1.82) is 0 Å². The van der Waals surface area contributed by atoms with Gasteiger partial charge in [0.1, 0.15) is 11.5 Å². The van der Waals surface area contributed by atoms with E-state index < -0.39 is 5.54 Å². The van der Waals surface area contributed by atoms with Gasteiger partial charge in [-0.05, 0) is 30.9 Å². The van der Waals surface area contributed by atoms with Crippen molar-refractivity contribution in [3.8, 4) is 11.5 Å². The lowest BCUT2D eigenvalue weighted by Crippen LogP contribution is -2.53. The molecule has 1 saturated carbocycles. The quantitative estimate of drug-likeness (QED) is 0.679. The summed E-state index contributed by atoms with van der Waals surface area (Å²) in [5.74, 6) is -0.261. The van der Waals surface area contributed by atoms with Gasteiger partial charge in [0.25, 0.3) is 5.91 Å². The first kappa shape index (κ1) is 14.7. The van der Waals surface area contributed by atoms with Crippen LogP contribution in [0.2, 0.25) is 0 Å². The molecular formula is C15H21NO4. The highest BCUT2D eigenvalue weighted by molar-refractivity contribution is 5.95. The third-order valence-corrected chi connectivity index (χ3v) is 3.94. The molecule has 1 aromatic carbocycles. The molecule has 2 unspecified atom stereocenters. The Hall–Kier alpha value is -1.75. The van der Waals surface area contributed by atoms with E-state index in [0.717, 1.165) is 25.7 Å². The first-order chi connectivity index (χ1) is 9.44. The number of carbonyl (C=O) groups is 1. The Balaban J connectivity index is 2.16. The Kier molecular flexibility index (Phi) is 4.18. The van der Waals surface area contributed by atoms with E-state index in [1.54, 1.807) is 0 Å². The zero-order valence-corrected chi connectivity index (χ0v) is 11.6. The van der Waals surface area contributed by atoms with Crippen molar-refractivity contribution < 1.29 is 20.1 Å². The molecule has 1 aliphatic carbocycles. The first-order valence-electron chi connectivity index (χ1n) is 6.90. The van der Waals surface area contributed by atoms with E-state index in [2.05, 4.69) is 12.2 Å². The fourth-order valence-electron chi connectivity index (χ4n) is 3.00. The van der Waals surface area contributed by atoms with Crippen LogP contribution < -0.4 is 5.32 Å². The Morgan fingerprint density at radius 2 is 2.00 bits per heavy atom. The number of aliphatic hydroxyl groups excluding tert-OH is 1. The lowest BCUT2D eigenvalue weighted by molar-refractivity contribution is 0.0696. The van der Waals surface area contributed by atoms with E-state index in [4.69, 9.17) is 0 Å². The fraction of sp³-hybridized carbons (Fsp3) is 0.533. The van der Waals surface area contributed by atoms with Crippen LogP contribution in [0.25, 0.3) is 0 Å². The average Bonchev–Trinajstić information content (AvgIpc) is 2.37. The van der Waals surface area contributed by atoms with E-state index in [1.165, 1.54) is 18.2 Å². The summed E-state index contributed by atoms with van der Waals surface area (Å²) in [6, 6.07) is 3.76. The summed E-state index contributed by atoms with van der Waals surface area (Å²) in [7, 11) is 0. The molecule has 0 aliphatic heterocycles. The lowest BCUT2D eigenvalue weighted by atomic mass is 9.76. The highest BCUT2D eigenvalue weighted by Gasteiger charge is 2.36. The molecule has 0 saturated heterocycles. The van der Waals surface area contributed by atoms with Crippen LogP contribution in [-0.4, -0.2) is 33.4 Å². The van der Waals surface area contributed by atoms with Crippen LogP contribution in [0.1, 0.15) is 43.0 Å².